The van der Waals surface area contributed by atoms with Crippen LogP contribution in [0.15, 0.2) is 70.2 Å². The molecule has 6 nitrogen and oxygen atoms in total. The van der Waals surface area contributed by atoms with Crippen molar-refractivity contribution in [3.05, 3.63) is 66.6 Å². The van der Waals surface area contributed by atoms with Crippen molar-refractivity contribution in [3.63, 3.8) is 0 Å². The Morgan fingerprint density at radius 2 is 1.93 bits per heavy atom. The van der Waals surface area contributed by atoms with Crippen LogP contribution in [0.1, 0.15) is 18.6 Å². The largest absolute Gasteiger partial charge is 0.467 e. The lowest BCUT2D eigenvalue weighted by atomic mass is 9.99. The quantitative estimate of drug-likeness (QED) is 0.716. The molecule has 28 heavy (non-hydrogen) atoms. The van der Waals surface area contributed by atoms with Crippen molar-refractivity contribution in [2.75, 3.05) is 13.1 Å². The minimum atomic E-state index is -3.64. The van der Waals surface area contributed by atoms with Crippen LogP contribution in [0.5, 0.6) is 0 Å². The van der Waals surface area contributed by atoms with Crippen LogP contribution >= 0.6 is 0 Å². The number of hydrogen-bond donors (Lipinski definition) is 1. The van der Waals surface area contributed by atoms with Crippen LogP contribution in [-0.2, 0) is 21.4 Å². The molecule has 1 fully saturated rings. The molecule has 1 aliphatic heterocycles. The lowest BCUT2D eigenvalue weighted by molar-refractivity contribution is -0.126. The van der Waals surface area contributed by atoms with Crippen molar-refractivity contribution >= 4 is 26.7 Å². The third-order valence-corrected chi connectivity index (χ3v) is 6.99. The zero-order valence-electron chi connectivity index (χ0n) is 15.4. The molecule has 7 heteroatoms. The van der Waals surface area contributed by atoms with Crippen molar-refractivity contribution in [2.45, 2.75) is 24.3 Å². The second kappa shape index (κ2) is 7.77. The molecule has 0 unspecified atom stereocenters. The fourth-order valence-electron chi connectivity index (χ4n) is 3.58. The third-order valence-electron chi connectivity index (χ3n) is 5.13. The van der Waals surface area contributed by atoms with E-state index < -0.39 is 10.0 Å². The Balaban J connectivity index is 1.48. The van der Waals surface area contributed by atoms with Crippen LogP contribution in [0, 0.1) is 5.92 Å². The monoisotopic (exact) mass is 398 g/mol. The van der Waals surface area contributed by atoms with Gasteiger partial charge in [-0.15, -0.1) is 0 Å². The molecule has 1 atom stereocenters. The lowest BCUT2D eigenvalue weighted by Crippen LogP contribution is -2.45. The topological polar surface area (TPSA) is 79.6 Å². The summed E-state index contributed by atoms with van der Waals surface area (Å²) in [6.07, 6.45) is 2.89. The van der Waals surface area contributed by atoms with Gasteiger partial charge < -0.3 is 9.73 Å². The van der Waals surface area contributed by atoms with Gasteiger partial charge in [-0.3, -0.25) is 4.79 Å². The predicted molar refractivity (Wildman–Crippen MR) is 106 cm³/mol. The number of rotatable bonds is 5. The molecule has 146 valence electrons. The van der Waals surface area contributed by atoms with Gasteiger partial charge >= 0.3 is 0 Å². The van der Waals surface area contributed by atoms with E-state index in [0.29, 0.717) is 31.7 Å². The number of hydrogen-bond acceptors (Lipinski definition) is 4. The van der Waals surface area contributed by atoms with E-state index in [1.54, 1.807) is 30.5 Å². The first-order valence-corrected chi connectivity index (χ1v) is 10.8. The minimum absolute atomic E-state index is 0.144. The molecule has 0 spiro atoms. The first kappa shape index (κ1) is 18.7. The molecule has 1 N–H and O–H groups in total. The number of carbonyl (C=O) groups excluding carboxylic acids is 1. The Hall–Kier alpha value is -2.64. The number of benzene rings is 2. The third kappa shape index (κ3) is 3.81. The van der Waals surface area contributed by atoms with Crippen LogP contribution < -0.4 is 5.32 Å². The van der Waals surface area contributed by atoms with E-state index in [1.807, 2.05) is 30.3 Å². The standard InChI is InChI=1S/C21H22N2O4S/c24-21(22-14-19-8-4-12-27-19)18-7-3-11-23(15-18)28(25,26)20-10-9-16-5-1-2-6-17(16)13-20/h1-2,4-6,8-10,12-13,18H,3,7,11,14-15H2,(H,22,24)/t18-/m0/s1. The maximum atomic E-state index is 13.1. The summed E-state index contributed by atoms with van der Waals surface area (Å²) in [5.74, 6) is 0.165. The maximum Gasteiger partial charge on any atom is 0.243 e. The summed E-state index contributed by atoms with van der Waals surface area (Å²) in [5.41, 5.74) is 0. The highest BCUT2D eigenvalue weighted by Crippen LogP contribution is 2.26. The fourth-order valence-corrected chi connectivity index (χ4v) is 5.14. The predicted octanol–water partition coefficient (Wildman–Crippen LogP) is 3.15. The number of nitrogens with one attached hydrogen (secondary N) is 1. The van der Waals surface area contributed by atoms with Crippen LogP contribution in [0.25, 0.3) is 10.8 Å². The maximum absolute atomic E-state index is 13.1. The number of fused-ring (bicyclic) bond motifs is 1. The molecule has 0 radical (unpaired) electrons. The van der Waals surface area contributed by atoms with E-state index in [9.17, 15) is 13.2 Å². The fraction of sp³-hybridized carbons (Fsp3) is 0.286. The smallest absolute Gasteiger partial charge is 0.243 e. The van der Waals surface area contributed by atoms with Crippen molar-refractivity contribution in [2.24, 2.45) is 5.92 Å². The van der Waals surface area contributed by atoms with Crippen molar-refractivity contribution in [3.8, 4) is 0 Å². The first-order valence-electron chi connectivity index (χ1n) is 9.33. The van der Waals surface area contributed by atoms with Gasteiger partial charge in [0.25, 0.3) is 0 Å². The molecule has 1 saturated heterocycles. The zero-order valence-corrected chi connectivity index (χ0v) is 16.2. The summed E-state index contributed by atoms with van der Waals surface area (Å²) < 4.78 is 32.9. The Morgan fingerprint density at radius 1 is 1.11 bits per heavy atom. The van der Waals surface area contributed by atoms with E-state index in [2.05, 4.69) is 5.32 Å². The molecule has 2 heterocycles. The average molecular weight is 398 g/mol. The van der Waals surface area contributed by atoms with Crippen LogP contribution in [-0.4, -0.2) is 31.7 Å². The number of carbonyl (C=O) groups is 1. The molecule has 1 aromatic heterocycles. The summed E-state index contributed by atoms with van der Waals surface area (Å²) in [7, 11) is -3.64. The Bertz CT molecular complexity index is 1080. The van der Waals surface area contributed by atoms with Crippen LogP contribution in [0.4, 0.5) is 0 Å². The Kier molecular flexibility index (Phi) is 5.19. The van der Waals surface area contributed by atoms with E-state index >= 15 is 0 Å². The number of furan rings is 1. The number of sulfonamides is 1. The van der Waals surface area contributed by atoms with Gasteiger partial charge in [-0.25, -0.2) is 8.42 Å². The highest BCUT2D eigenvalue weighted by molar-refractivity contribution is 7.89. The second-order valence-electron chi connectivity index (χ2n) is 7.01. The molecule has 2 aromatic carbocycles. The molecule has 4 rings (SSSR count). The minimum Gasteiger partial charge on any atom is -0.467 e. The summed E-state index contributed by atoms with van der Waals surface area (Å²) >= 11 is 0. The summed E-state index contributed by atoms with van der Waals surface area (Å²) in [6.45, 7) is 0.927. The van der Waals surface area contributed by atoms with Gasteiger partial charge in [0, 0.05) is 13.1 Å². The highest BCUT2D eigenvalue weighted by Gasteiger charge is 2.33. The molecular formula is C21H22N2O4S. The highest BCUT2D eigenvalue weighted by atomic mass is 32.2. The van der Waals surface area contributed by atoms with E-state index in [0.717, 1.165) is 10.8 Å². The first-order chi connectivity index (χ1) is 13.5. The molecule has 0 aliphatic carbocycles. The zero-order chi connectivity index (χ0) is 19.6. The Labute approximate surface area is 164 Å². The van der Waals surface area contributed by atoms with Gasteiger partial charge in [-0.1, -0.05) is 30.3 Å². The molecule has 1 aliphatic rings. The van der Waals surface area contributed by atoms with Gasteiger partial charge in [-0.05, 0) is 47.9 Å². The van der Waals surface area contributed by atoms with E-state index in [1.165, 1.54) is 4.31 Å². The van der Waals surface area contributed by atoms with Gasteiger partial charge in [0.2, 0.25) is 15.9 Å². The number of nitrogens with zero attached hydrogens (tertiary/aromatic N) is 1. The summed E-state index contributed by atoms with van der Waals surface area (Å²) in [4.78, 5) is 12.8. The van der Waals surface area contributed by atoms with Crippen molar-refractivity contribution < 1.29 is 17.6 Å². The molecule has 0 bridgehead atoms. The normalized spacial score (nSPS) is 18.2. The van der Waals surface area contributed by atoms with Gasteiger partial charge in [0.15, 0.2) is 0 Å². The van der Waals surface area contributed by atoms with Crippen LogP contribution in [0.2, 0.25) is 0 Å². The van der Waals surface area contributed by atoms with Crippen molar-refractivity contribution in [1.82, 2.24) is 9.62 Å². The van der Waals surface area contributed by atoms with Gasteiger partial charge in [0.1, 0.15) is 5.76 Å². The molecule has 0 saturated carbocycles. The number of amides is 1. The van der Waals surface area contributed by atoms with Crippen molar-refractivity contribution in [1.29, 1.82) is 0 Å². The number of piperidine rings is 1. The molecule has 3 aromatic rings. The molecular weight excluding hydrogens is 376 g/mol. The van der Waals surface area contributed by atoms with Gasteiger partial charge in [-0.2, -0.15) is 4.31 Å². The second-order valence-corrected chi connectivity index (χ2v) is 8.95. The summed E-state index contributed by atoms with van der Waals surface area (Å²) in [6, 6.07) is 16.4. The van der Waals surface area contributed by atoms with Crippen LogP contribution in [0.3, 0.4) is 0 Å². The SMILES string of the molecule is O=C(NCc1ccco1)[C@H]1CCCN(S(=O)(=O)c2ccc3ccccc3c2)C1. The van der Waals surface area contributed by atoms with E-state index in [4.69, 9.17) is 4.42 Å². The molecule has 1 amide bonds. The van der Waals surface area contributed by atoms with E-state index in [-0.39, 0.29) is 23.3 Å². The Morgan fingerprint density at radius 3 is 2.71 bits per heavy atom. The van der Waals surface area contributed by atoms with Gasteiger partial charge in [0.05, 0.1) is 23.6 Å². The average Bonchev–Trinajstić information content (AvgIpc) is 3.25. The summed E-state index contributed by atoms with van der Waals surface area (Å²) in [5, 5.41) is 4.71. The lowest BCUT2D eigenvalue weighted by Gasteiger charge is -2.31.